The molecule has 5 rings (SSSR count). The molecule has 0 heterocycles. The summed E-state index contributed by atoms with van der Waals surface area (Å²) in [5, 5.41) is 0. The van der Waals surface area contributed by atoms with Crippen LogP contribution in [0.4, 0.5) is 0 Å². The van der Waals surface area contributed by atoms with Crippen molar-refractivity contribution in [1.29, 1.82) is 0 Å². The molecule has 2 aromatic carbocycles. The van der Waals surface area contributed by atoms with Crippen molar-refractivity contribution in [1.82, 2.24) is 0 Å². The van der Waals surface area contributed by atoms with Gasteiger partial charge in [0.05, 0.1) is 0 Å². The van der Waals surface area contributed by atoms with Crippen LogP contribution in [0.15, 0.2) is 54.6 Å². The molecule has 0 unspecified atom stereocenters. The molecule has 0 saturated heterocycles. The standard InChI is InChI=1S/C32H36O3/c1-21-7-11-26(12-8-21)31(34)32(35)28-18-17-24-15-16-27(20-29(24)28)30(33)25-13-9-23(10-14-25)19-22-5-3-2-4-6-22/h2-6,15-16,18,20-21,23,25-26H,7-14,17,19H2,1H3. The van der Waals surface area contributed by atoms with E-state index >= 15 is 0 Å². The number of fused-ring (bicyclic) bond motifs is 1. The van der Waals surface area contributed by atoms with Gasteiger partial charge in [0.1, 0.15) is 0 Å². The molecule has 0 atom stereocenters. The highest BCUT2D eigenvalue weighted by molar-refractivity contribution is 6.54. The van der Waals surface area contributed by atoms with Crippen molar-refractivity contribution in [2.24, 2.45) is 23.7 Å². The zero-order valence-electron chi connectivity index (χ0n) is 20.8. The van der Waals surface area contributed by atoms with Crippen LogP contribution >= 0.6 is 0 Å². The number of Topliss-reactive ketones (excluding diaryl/α,β-unsaturated/α-hetero) is 3. The van der Waals surface area contributed by atoms with E-state index in [4.69, 9.17) is 0 Å². The Balaban J connectivity index is 1.23. The summed E-state index contributed by atoms with van der Waals surface area (Å²) in [6.45, 7) is 2.21. The predicted molar refractivity (Wildman–Crippen MR) is 139 cm³/mol. The van der Waals surface area contributed by atoms with Crippen molar-refractivity contribution in [3.05, 3.63) is 76.9 Å². The van der Waals surface area contributed by atoms with Gasteiger partial charge in [0, 0.05) is 23.0 Å². The number of benzene rings is 2. The summed E-state index contributed by atoms with van der Waals surface area (Å²) in [4.78, 5) is 39.5. The average molecular weight is 469 g/mol. The summed E-state index contributed by atoms with van der Waals surface area (Å²) in [6, 6.07) is 16.4. The Morgan fingerprint density at radius 1 is 0.800 bits per heavy atom. The van der Waals surface area contributed by atoms with Crippen LogP contribution in [0.3, 0.4) is 0 Å². The van der Waals surface area contributed by atoms with Gasteiger partial charge in [-0.05, 0) is 86.0 Å². The summed E-state index contributed by atoms with van der Waals surface area (Å²) in [5.41, 5.74) is 4.43. The lowest BCUT2D eigenvalue weighted by Gasteiger charge is -2.28. The predicted octanol–water partition coefficient (Wildman–Crippen LogP) is 6.82. The molecular weight excluding hydrogens is 432 g/mol. The molecule has 3 aliphatic carbocycles. The highest BCUT2D eigenvalue weighted by atomic mass is 16.2. The minimum absolute atomic E-state index is 0.0514. The third-order valence-electron chi connectivity index (χ3n) is 8.65. The summed E-state index contributed by atoms with van der Waals surface area (Å²) >= 11 is 0. The molecule has 0 bridgehead atoms. The monoisotopic (exact) mass is 468 g/mol. The Hall–Kier alpha value is -2.81. The van der Waals surface area contributed by atoms with E-state index in [9.17, 15) is 14.4 Å². The van der Waals surface area contributed by atoms with E-state index in [1.165, 1.54) is 5.56 Å². The fourth-order valence-corrected chi connectivity index (χ4v) is 6.35. The highest BCUT2D eigenvalue weighted by Gasteiger charge is 2.33. The number of allylic oxidation sites excluding steroid dienone is 2. The maximum atomic E-state index is 13.4. The number of ketones is 3. The van der Waals surface area contributed by atoms with Gasteiger partial charge in [-0.2, -0.15) is 0 Å². The van der Waals surface area contributed by atoms with Crippen LogP contribution in [0.5, 0.6) is 0 Å². The van der Waals surface area contributed by atoms with Crippen molar-refractivity contribution in [3.8, 4) is 0 Å². The van der Waals surface area contributed by atoms with Gasteiger partial charge in [-0.3, -0.25) is 14.4 Å². The molecule has 0 amide bonds. The molecular formula is C32H36O3. The van der Waals surface area contributed by atoms with E-state index in [1.54, 1.807) is 0 Å². The first-order valence-corrected chi connectivity index (χ1v) is 13.5. The lowest BCUT2D eigenvalue weighted by Crippen LogP contribution is -2.28. The van der Waals surface area contributed by atoms with Crippen molar-refractivity contribution in [3.63, 3.8) is 0 Å². The number of carbonyl (C=O) groups excluding carboxylic acids is 3. The molecule has 0 spiro atoms. The Morgan fingerprint density at radius 2 is 1.49 bits per heavy atom. The van der Waals surface area contributed by atoms with Crippen LogP contribution in [-0.4, -0.2) is 17.3 Å². The van der Waals surface area contributed by atoms with Gasteiger partial charge in [-0.1, -0.05) is 68.3 Å². The first-order chi connectivity index (χ1) is 17.0. The maximum Gasteiger partial charge on any atom is 0.229 e. The topological polar surface area (TPSA) is 51.2 Å². The second kappa shape index (κ2) is 10.4. The number of rotatable bonds is 7. The summed E-state index contributed by atoms with van der Waals surface area (Å²) in [5.74, 6) is 0.802. The second-order valence-corrected chi connectivity index (χ2v) is 11.1. The fraction of sp³-hybridized carbons (Fsp3) is 0.469. The summed E-state index contributed by atoms with van der Waals surface area (Å²) in [6.07, 6.45) is 11.3. The van der Waals surface area contributed by atoms with Crippen molar-refractivity contribution in [2.75, 3.05) is 0 Å². The van der Waals surface area contributed by atoms with Gasteiger partial charge in [0.25, 0.3) is 0 Å². The SMILES string of the molecule is CC1CCC(C(=O)C(=O)C2=CCc3ccc(C(=O)C4CCC(Cc5ccccc5)CC4)cc32)CC1. The molecule has 0 N–H and O–H groups in total. The van der Waals surface area contributed by atoms with Gasteiger partial charge in [0.2, 0.25) is 11.6 Å². The maximum absolute atomic E-state index is 13.4. The third kappa shape index (κ3) is 5.24. The van der Waals surface area contributed by atoms with Crippen LogP contribution < -0.4 is 0 Å². The minimum Gasteiger partial charge on any atom is -0.294 e. The van der Waals surface area contributed by atoms with Gasteiger partial charge in [-0.25, -0.2) is 0 Å². The molecule has 2 saturated carbocycles. The molecule has 0 aromatic heterocycles. The Bertz CT molecular complexity index is 1130. The summed E-state index contributed by atoms with van der Waals surface area (Å²) in [7, 11) is 0. The quantitative estimate of drug-likeness (QED) is 0.331. The van der Waals surface area contributed by atoms with Crippen LogP contribution in [-0.2, 0) is 22.4 Å². The summed E-state index contributed by atoms with van der Waals surface area (Å²) < 4.78 is 0. The van der Waals surface area contributed by atoms with Crippen LogP contribution in [0.2, 0.25) is 0 Å². The van der Waals surface area contributed by atoms with Crippen LogP contribution in [0.25, 0.3) is 5.57 Å². The van der Waals surface area contributed by atoms with Crippen molar-refractivity contribution < 1.29 is 14.4 Å². The molecule has 3 aliphatic rings. The molecule has 2 aromatic rings. The van der Waals surface area contributed by atoms with E-state index in [2.05, 4.69) is 37.3 Å². The van der Waals surface area contributed by atoms with Crippen LogP contribution in [0.1, 0.15) is 85.3 Å². The van der Waals surface area contributed by atoms with E-state index < -0.39 is 0 Å². The third-order valence-corrected chi connectivity index (χ3v) is 8.65. The average Bonchev–Trinajstić information content (AvgIpc) is 3.32. The molecule has 0 radical (unpaired) electrons. The Kier molecular flexibility index (Phi) is 7.13. The minimum atomic E-state index is -0.352. The Morgan fingerprint density at radius 3 is 2.20 bits per heavy atom. The van der Waals surface area contributed by atoms with Crippen molar-refractivity contribution in [2.45, 2.75) is 71.1 Å². The molecule has 3 nitrogen and oxygen atoms in total. The van der Waals surface area contributed by atoms with Gasteiger partial charge in [-0.15, -0.1) is 0 Å². The first-order valence-electron chi connectivity index (χ1n) is 13.5. The van der Waals surface area contributed by atoms with Gasteiger partial charge in [0.15, 0.2) is 5.78 Å². The molecule has 182 valence electrons. The highest BCUT2D eigenvalue weighted by Crippen LogP contribution is 2.36. The van der Waals surface area contributed by atoms with E-state index in [1.807, 2.05) is 24.3 Å². The number of hydrogen-bond acceptors (Lipinski definition) is 3. The Labute approximate surface area is 209 Å². The zero-order chi connectivity index (χ0) is 24.4. The molecule has 0 aliphatic heterocycles. The van der Waals surface area contributed by atoms with Gasteiger partial charge < -0.3 is 0 Å². The van der Waals surface area contributed by atoms with E-state index in [-0.39, 0.29) is 29.2 Å². The molecule has 3 heteroatoms. The number of carbonyl (C=O) groups is 3. The van der Waals surface area contributed by atoms with E-state index in [0.29, 0.717) is 29.4 Å². The van der Waals surface area contributed by atoms with E-state index in [0.717, 1.165) is 68.9 Å². The van der Waals surface area contributed by atoms with Gasteiger partial charge >= 0.3 is 0 Å². The largest absolute Gasteiger partial charge is 0.294 e. The lowest BCUT2D eigenvalue weighted by molar-refractivity contribution is -0.136. The smallest absolute Gasteiger partial charge is 0.229 e. The zero-order valence-corrected chi connectivity index (χ0v) is 20.8. The number of hydrogen-bond donors (Lipinski definition) is 0. The first kappa shape index (κ1) is 23.9. The molecule has 35 heavy (non-hydrogen) atoms. The van der Waals surface area contributed by atoms with Crippen molar-refractivity contribution >= 4 is 22.9 Å². The lowest BCUT2D eigenvalue weighted by atomic mass is 9.76. The second-order valence-electron chi connectivity index (χ2n) is 11.1. The molecule has 2 fully saturated rings. The normalized spacial score (nSPS) is 26.0. The van der Waals surface area contributed by atoms with Crippen LogP contribution in [0, 0.1) is 23.7 Å². The fourth-order valence-electron chi connectivity index (χ4n) is 6.35.